The first-order valence-corrected chi connectivity index (χ1v) is 6.35. The lowest BCUT2D eigenvalue weighted by Gasteiger charge is -2.31. The molecule has 4 nitrogen and oxygen atoms in total. The van der Waals surface area contributed by atoms with Gasteiger partial charge in [-0.1, -0.05) is 19.2 Å². The summed E-state index contributed by atoms with van der Waals surface area (Å²) in [6.45, 7) is 8.38. The lowest BCUT2D eigenvalue weighted by atomic mass is 10.3. The van der Waals surface area contributed by atoms with Gasteiger partial charge in [-0.25, -0.2) is 5.01 Å². The van der Waals surface area contributed by atoms with Crippen LogP contribution in [-0.2, 0) is 0 Å². The van der Waals surface area contributed by atoms with Gasteiger partial charge >= 0.3 is 0 Å². The number of hydrazine groups is 1. The van der Waals surface area contributed by atoms with Crippen molar-refractivity contribution in [2.75, 3.05) is 27.7 Å². The van der Waals surface area contributed by atoms with Gasteiger partial charge in [0.05, 0.1) is 12.0 Å². The summed E-state index contributed by atoms with van der Waals surface area (Å²) in [5.74, 6) is 0. The summed E-state index contributed by atoms with van der Waals surface area (Å²) in [6, 6.07) is 0. The summed E-state index contributed by atoms with van der Waals surface area (Å²) in [7, 11) is 5.73. The molecule has 0 heterocycles. The molecule has 0 aromatic heterocycles. The zero-order valence-electron chi connectivity index (χ0n) is 12.4. The number of nitrogens with one attached hydrogen (secondary N) is 1. The van der Waals surface area contributed by atoms with Crippen LogP contribution in [0.25, 0.3) is 0 Å². The highest BCUT2D eigenvalue weighted by Gasteiger charge is 2.09. The first-order valence-electron chi connectivity index (χ1n) is 6.35. The fourth-order valence-corrected chi connectivity index (χ4v) is 1.60. The molecule has 106 valence electrons. The Hall–Kier alpha value is -2.29. The molecule has 1 aliphatic carbocycles. The maximum Gasteiger partial charge on any atom is 0.0864 e. The summed E-state index contributed by atoms with van der Waals surface area (Å²) in [6.07, 6.45) is 11.2. The van der Waals surface area contributed by atoms with E-state index in [0.717, 1.165) is 23.5 Å². The van der Waals surface area contributed by atoms with Gasteiger partial charge in [0.2, 0.25) is 0 Å². The molecule has 0 saturated carbocycles. The molecule has 0 spiro atoms. The fourth-order valence-electron chi connectivity index (χ4n) is 1.60. The Morgan fingerprint density at radius 2 is 2.25 bits per heavy atom. The average molecular weight is 270 g/mol. The standard InChI is InChI=1S/C16H22N4/c1-6-14(2)12-19(4)20(5)16-10-8-7-9-15(11-16)18-13-17-3/h6-7,9-11,13H,1-2,12H2,3-5H3,(H,17,18). The molecule has 0 aromatic carbocycles. The monoisotopic (exact) mass is 270 g/mol. The molecular weight excluding hydrogens is 248 g/mol. The molecule has 1 aliphatic rings. The lowest BCUT2D eigenvalue weighted by molar-refractivity contribution is 0.0821. The second-order valence-electron chi connectivity index (χ2n) is 4.40. The maximum atomic E-state index is 3.94. The van der Waals surface area contributed by atoms with Crippen LogP contribution in [0.3, 0.4) is 0 Å². The zero-order chi connectivity index (χ0) is 15.0. The van der Waals surface area contributed by atoms with Gasteiger partial charge in [0.1, 0.15) is 0 Å². The SMILES string of the molecule is C=CC(=C)CN(C)N(C)C1=CC(NC=NC)=CC=C=C1. The van der Waals surface area contributed by atoms with E-state index in [9.17, 15) is 0 Å². The molecule has 4 heteroatoms. The van der Waals surface area contributed by atoms with E-state index in [0.29, 0.717) is 0 Å². The molecule has 0 saturated heterocycles. The van der Waals surface area contributed by atoms with Crippen molar-refractivity contribution in [2.45, 2.75) is 0 Å². The van der Waals surface area contributed by atoms with Crippen LogP contribution in [0.4, 0.5) is 0 Å². The van der Waals surface area contributed by atoms with E-state index < -0.39 is 0 Å². The van der Waals surface area contributed by atoms with Crippen molar-refractivity contribution >= 4 is 6.34 Å². The molecular formula is C16H22N4. The van der Waals surface area contributed by atoms with Crippen LogP contribution in [0, 0.1) is 0 Å². The van der Waals surface area contributed by atoms with Crippen molar-refractivity contribution in [3.8, 4) is 0 Å². The van der Waals surface area contributed by atoms with Gasteiger partial charge in [-0.15, -0.1) is 5.73 Å². The minimum atomic E-state index is 0.720. The maximum absolute atomic E-state index is 3.94. The molecule has 0 amide bonds. The number of rotatable bonds is 7. The first-order chi connectivity index (χ1) is 9.58. The Balaban J connectivity index is 2.84. The van der Waals surface area contributed by atoms with Crippen molar-refractivity contribution in [1.29, 1.82) is 0 Å². The largest absolute Gasteiger partial charge is 0.347 e. The number of aliphatic imine (C=N–C) groups is 1. The van der Waals surface area contributed by atoms with Crippen LogP contribution in [0.15, 0.2) is 71.2 Å². The van der Waals surface area contributed by atoms with Crippen LogP contribution in [-0.4, -0.2) is 44.0 Å². The number of likely N-dealkylation sites (N-methyl/N-ethyl adjacent to an activating group) is 2. The van der Waals surface area contributed by atoms with Crippen molar-refractivity contribution in [3.63, 3.8) is 0 Å². The minimum Gasteiger partial charge on any atom is -0.347 e. The summed E-state index contributed by atoms with van der Waals surface area (Å²) in [5, 5.41) is 7.21. The van der Waals surface area contributed by atoms with Crippen LogP contribution in [0.5, 0.6) is 0 Å². The molecule has 0 unspecified atom stereocenters. The lowest BCUT2D eigenvalue weighted by Crippen LogP contribution is -2.36. The zero-order valence-corrected chi connectivity index (χ0v) is 12.4. The molecule has 0 radical (unpaired) electrons. The number of hydrogen-bond acceptors (Lipinski definition) is 3. The van der Waals surface area contributed by atoms with E-state index in [2.05, 4.69) is 34.2 Å². The van der Waals surface area contributed by atoms with Crippen LogP contribution in [0.2, 0.25) is 0 Å². The number of allylic oxidation sites excluding steroid dienone is 3. The highest BCUT2D eigenvalue weighted by atomic mass is 15.6. The third-order valence-electron chi connectivity index (χ3n) is 2.86. The highest BCUT2D eigenvalue weighted by molar-refractivity contribution is 5.59. The van der Waals surface area contributed by atoms with E-state index in [1.807, 2.05) is 43.4 Å². The second-order valence-corrected chi connectivity index (χ2v) is 4.40. The van der Waals surface area contributed by atoms with Crippen molar-refractivity contribution < 1.29 is 0 Å². The predicted octanol–water partition coefficient (Wildman–Crippen LogP) is 2.25. The van der Waals surface area contributed by atoms with Crippen molar-refractivity contribution in [3.05, 3.63) is 66.2 Å². The third kappa shape index (κ3) is 4.76. The van der Waals surface area contributed by atoms with Crippen LogP contribution in [0.1, 0.15) is 0 Å². The van der Waals surface area contributed by atoms with Crippen LogP contribution >= 0.6 is 0 Å². The minimum absolute atomic E-state index is 0.720. The molecule has 0 atom stereocenters. The Morgan fingerprint density at radius 1 is 1.50 bits per heavy atom. The van der Waals surface area contributed by atoms with Gasteiger partial charge in [-0.05, 0) is 23.8 Å². The Kier molecular flexibility index (Phi) is 6.30. The number of hydrogen-bond donors (Lipinski definition) is 1. The molecule has 0 bridgehead atoms. The molecule has 1 N–H and O–H groups in total. The Bertz CT molecular complexity index is 517. The topological polar surface area (TPSA) is 30.9 Å². The van der Waals surface area contributed by atoms with Gasteiger partial charge in [0.25, 0.3) is 0 Å². The number of nitrogens with zero attached hydrogens (tertiary/aromatic N) is 3. The van der Waals surface area contributed by atoms with Gasteiger partial charge in [-0.3, -0.25) is 4.99 Å². The van der Waals surface area contributed by atoms with Crippen molar-refractivity contribution in [1.82, 2.24) is 15.3 Å². The van der Waals surface area contributed by atoms with E-state index in [1.54, 1.807) is 19.5 Å². The second kappa shape index (κ2) is 8.00. The van der Waals surface area contributed by atoms with E-state index in [1.165, 1.54) is 0 Å². The predicted molar refractivity (Wildman–Crippen MR) is 86.1 cm³/mol. The Morgan fingerprint density at radius 3 is 2.90 bits per heavy atom. The van der Waals surface area contributed by atoms with Gasteiger partial charge in [0, 0.05) is 39.5 Å². The summed E-state index contributed by atoms with van der Waals surface area (Å²) in [5.41, 5.74) is 6.06. The molecule has 0 aliphatic heterocycles. The fraction of sp³-hybridized carbons (Fsp3) is 0.250. The Labute approximate surface area is 121 Å². The van der Waals surface area contributed by atoms with Gasteiger partial charge in [-0.2, -0.15) is 0 Å². The summed E-state index contributed by atoms with van der Waals surface area (Å²) in [4.78, 5) is 3.92. The average Bonchev–Trinajstić information content (AvgIpc) is 2.69. The summed E-state index contributed by atoms with van der Waals surface area (Å²) >= 11 is 0. The highest BCUT2D eigenvalue weighted by Crippen LogP contribution is 2.12. The van der Waals surface area contributed by atoms with E-state index >= 15 is 0 Å². The molecule has 20 heavy (non-hydrogen) atoms. The molecule has 1 rings (SSSR count). The quantitative estimate of drug-likeness (QED) is 0.253. The first kappa shape index (κ1) is 15.8. The normalized spacial score (nSPS) is 14.0. The molecule has 0 fully saturated rings. The van der Waals surface area contributed by atoms with E-state index in [4.69, 9.17) is 0 Å². The molecule has 0 aromatic rings. The van der Waals surface area contributed by atoms with E-state index in [-0.39, 0.29) is 0 Å². The third-order valence-corrected chi connectivity index (χ3v) is 2.86. The summed E-state index contributed by atoms with van der Waals surface area (Å²) < 4.78 is 0. The van der Waals surface area contributed by atoms with Gasteiger partial charge < -0.3 is 10.3 Å². The smallest absolute Gasteiger partial charge is 0.0864 e. The van der Waals surface area contributed by atoms with Crippen molar-refractivity contribution in [2.24, 2.45) is 4.99 Å². The van der Waals surface area contributed by atoms with Crippen LogP contribution < -0.4 is 5.32 Å². The van der Waals surface area contributed by atoms with Gasteiger partial charge in [0.15, 0.2) is 0 Å².